The molecule has 2 aromatic rings. The van der Waals surface area contributed by atoms with Crippen molar-refractivity contribution in [1.29, 1.82) is 0 Å². The van der Waals surface area contributed by atoms with Gasteiger partial charge in [0.1, 0.15) is 0 Å². The molecule has 0 aliphatic rings. The van der Waals surface area contributed by atoms with Crippen LogP contribution in [0, 0.1) is 0 Å². The van der Waals surface area contributed by atoms with Crippen molar-refractivity contribution in [1.82, 2.24) is 20.9 Å². The first-order valence-corrected chi connectivity index (χ1v) is 9.73. The van der Waals surface area contributed by atoms with Gasteiger partial charge in [0.05, 0.1) is 5.01 Å². The van der Waals surface area contributed by atoms with Crippen LogP contribution in [0.4, 0.5) is 0 Å². The highest BCUT2D eigenvalue weighted by Crippen LogP contribution is 2.13. The molecule has 0 fully saturated rings. The zero-order valence-electron chi connectivity index (χ0n) is 15.6. The smallest absolute Gasteiger partial charge is 0.251 e. The van der Waals surface area contributed by atoms with Crippen LogP contribution in [0.2, 0.25) is 0 Å². The first-order valence-electron chi connectivity index (χ1n) is 8.91. The third-order valence-corrected chi connectivity index (χ3v) is 4.99. The van der Waals surface area contributed by atoms with Gasteiger partial charge in [-0.3, -0.25) is 9.79 Å². The second kappa shape index (κ2) is 10.6. The van der Waals surface area contributed by atoms with Crippen LogP contribution in [0.25, 0.3) is 0 Å². The van der Waals surface area contributed by atoms with E-state index in [4.69, 9.17) is 0 Å². The normalized spacial score (nSPS) is 11.3. The number of benzene rings is 1. The summed E-state index contributed by atoms with van der Waals surface area (Å²) >= 11 is 1.76. The van der Waals surface area contributed by atoms with Gasteiger partial charge < -0.3 is 16.0 Å². The third-order valence-electron chi connectivity index (χ3n) is 3.79. The van der Waals surface area contributed by atoms with Crippen molar-refractivity contribution < 1.29 is 4.79 Å². The van der Waals surface area contributed by atoms with Crippen LogP contribution in [0.1, 0.15) is 39.7 Å². The lowest BCUT2D eigenvalue weighted by atomic mass is 10.1. The Bertz CT molecular complexity index is 741. The summed E-state index contributed by atoms with van der Waals surface area (Å²) < 4.78 is 0. The summed E-state index contributed by atoms with van der Waals surface area (Å²) in [6.07, 6.45) is 3.86. The highest BCUT2D eigenvalue weighted by molar-refractivity contribution is 7.11. The number of hydrogen-bond acceptors (Lipinski definition) is 4. The Balaban J connectivity index is 1.81. The molecule has 1 heterocycles. The number of thiazole rings is 1. The summed E-state index contributed by atoms with van der Waals surface area (Å²) in [5, 5.41) is 10.5. The molecule has 140 valence electrons. The number of aryl methyl sites for hydroxylation is 1. The van der Waals surface area contributed by atoms with Crippen LogP contribution in [0.5, 0.6) is 0 Å². The topological polar surface area (TPSA) is 78.4 Å². The lowest BCUT2D eigenvalue weighted by Crippen LogP contribution is -2.37. The highest BCUT2D eigenvalue weighted by Gasteiger charge is 2.06. The van der Waals surface area contributed by atoms with Crippen LogP contribution < -0.4 is 16.0 Å². The Labute approximate surface area is 159 Å². The second-order valence-electron chi connectivity index (χ2n) is 5.74. The molecule has 1 amide bonds. The van der Waals surface area contributed by atoms with Gasteiger partial charge in [0, 0.05) is 49.7 Å². The van der Waals surface area contributed by atoms with Gasteiger partial charge in [0.2, 0.25) is 0 Å². The van der Waals surface area contributed by atoms with Crippen LogP contribution in [-0.2, 0) is 19.4 Å². The van der Waals surface area contributed by atoms with Crippen molar-refractivity contribution in [3.63, 3.8) is 0 Å². The Hall–Kier alpha value is -2.41. The summed E-state index contributed by atoms with van der Waals surface area (Å²) in [6, 6.07) is 7.60. The molecular weight excluding hydrogens is 346 g/mol. The van der Waals surface area contributed by atoms with E-state index >= 15 is 0 Å². The Kier molecular flexibility index (Phi) is 8.08. The maximum Gasteiger partial charge on any atom is 0.251 e. The SMILES string of the molecule is CCNC(=O)c1cccc(CNC(=NC)NCCc2ncc(CC)s2)c1. The van der Waals surface area contributed by atoms with Crippen molar-refractivity contribution in [2.75, 3.05) is 20.1 Å². The summed E-state index contributed by atoms with van der Waals surface area (Å²) in [5.41, 5.74) is 1.70. The van der Waals surface area contributed by atoms with E-state index in [0.717, 1.165) is 35.9 Å². The van der Waals surface area contributed by atoms with E-state index in [-0.39, 0.29) is 5.91 Å². The Morgan fingerprint density at radius 3 is 2.77 bits per heavy atom. The van der Waals surface area contributed by atoms with Gasteiger partial charge in [-0.25, -0.2) is 4.98 Å². The van der Waals surface area contributed by atoms with Gasteiger partial charge in [-0.1, -0.05) is 19.1 Å². The molecule has 0 saturated carbocycles. The number of aromatic nitrogens is 1. The Morgan fingerprint density at radius 1 is 1.23 bits per heavy atom. The number of aliphatic imine (C=N–C) groups is 1. The van der Waals surface area contributed by atoms with Gasteiger partial charge >= 0.3 is 0 Å². The molecule has 0 aliphatic carbocycles. The lowest BCUT2D eigenvalue weighted by Gasteiger charge is -2.12. The van der Waals surface area contributed by atoms with Crippen molar-refractivity contribution in [2.45, 2.75) is 33.2 Å². The van der Waals surface area contributed by atoms with E-state index in [1.54, 1.807) is 18.4 Å². The fraction of sp³-hybridized carbons (Fsp3) is 0.421. The zero-order valence-corrected chi connectivity index (χ0v) is 16.4. The van der Waals surface area contributed by atoms with Gasteiger partial charge in [-0.2, -0.15) is 0 Å². The number of hydrogen-bond donors (Lipinski definition) is 3. The quantitative estimate of drug-likeness (QED) is 0.490. The molecule has 7 heteroatoms. The predicted molar refractivity (Wildman–Crippen MR) is 108 cm³/mol. The van der Waals surface area contributed by atoms with Crippen molar-refractivity contribution in [3.05, 3.63) is 51.5 Å². The molecule has 0 bridgehead atoms. The molecule has 26 heavy (non-hydrogen) atoms. The Morgan fingerprint density at radius 2 is 2.08 bits per heavy atom. The molecule has 0 aliphatic heterocycles. The number of nitrogens with one attached hydrogen (secondary N) is 3. The average molecular weight is 374 g/mol. The molecule has 1 aromatic carbocycles. The van der Waals surface area contributed by atoms with E-state index in [9.17, 15) is 4.79 Å². The van der Waals surface area contributed by atoms with Gasteiger partial charge in [-0.15, -0.1) is 11.3 Å². The zero-order chi connectivity index (χ0) is 18.8. The van der Waals surface area contributed by atoms with Crippen LogP contribution in [0.15, 0.2) is 35.5 Å². The highest BCUT2D eigenvalue weighted by atomic mass is 32.1. The summed E-state index contributed by atoms with van der Waals surface area (Å²) in [5.74, 6) is 0.687. The number of amides is 1. The van der Waals surface area contributed by atoms with E-state index < -0.39 is 0 Å². The predicted octanol–water partition coefficient (Wildman–Crippen LogP) is 2.36. The minimum Gasteiger partial charge on any atom is -0.356 e. The van der Waals surface area contributed by atoms with Crippen LogP contribution in [0.3, 0.4) is 0 Å². The first-order chi connectivity index (χ1) is 12.7. The largest absolute Gasteiger partial charge is 0.356 e. The maximum atomic E-state index is 11.9. The molecule has 3 N–H and O–H groups in total. The van der Waals surface area contributed by atoms with E-state index in [1.165, 1.54) is 4.88 Å². The first kappa shape index (κ1) is 19.9. The summed E-state index contributed by atoms with van der Waals surface area (Å²) in [4.78, 5) is 21.9. The lowest BCUT2D eigenvalue weighted by molar-refractivity contribution is 0.0955. The summed E-state index contributed by atoms with van der Waals surface area (Å²) in [7, 11) is 1.75. The molecule has 0 saturated heterocycles. The maximum absolute atomic E-state index is 11.9. The third kappa shape index (κ3) is 6.15. The fourth-order valence-electron chi connectivity index (χ4n) is 2.41. The van der Waals surface area contributed by atoms with Gasteiger partial charge in [-0.05, 0) is 31.0 Å². The van der Waals surface area contributed by atoms with Crippen molar-refractivity contribution >= 4 is 23.2 Å². The van der Waals surface area contributed by atoms with E-state index in [2.05, 4.69) is 32.9 Å². The molecule has 0 unspecified atom stereocenters. The number of guanidine groups is 1. The van der Waals surface area contributed by atoms with Gasteiger partial charge in [0.15, 0.2) is 5.96 Å². The molecule has 1 aromatic heterocycles. The average Bonchev–Trinajstić information content (AvgIpc) is 3.13. The second-order valence-corrected chi connectivity index (χ2v) is 6.94. The molecule has 0 spiro atoms. The molecule has 2 rings (SSSR count). The molecule has 0 atom stereocenters. The van der Waals surface area contributed by atoms with Gasteiger partial charge in [0.25, 0.3) is 5.91 Å². The minimum atomic E-state index is -0.0493. The van der Waals surface area contributed by atoms with E-state index in [1.807, 2.05) is 37.4 Å². The molecular formula is C19H27N5OS. The van der Waals surface area contributed by atoms with Crippen molar-refractivity contribution in [3.8, 4) is 0 Å². The number of nitrogens with zero attached hydrogens (tertiary/aromatic N) is 2. The van der Waals surface area contributed by atoms with Crippen LogP contribution in [-0.4, -0.2) is 37.0 Å². The molecule has 6 nitrogen and oxygen atoms in total. The molecule has 0 radical (unpaired) electrons. The number of carbonyl (C=O) groups excluding carboxylic acids is 1. The monoisotopic (exact) mass is 373 g/mol. The summed E-state index contributed by atoms with van der Waals surface area (Å²) in [6.45, 7) is 6.05. The standard InChI is InChI=1S/C19H27N5OS/c1-4-16-13-23-17(26-16)9-10-22-19(20-3)24-12-14-7-6-8-15(11-14)18(25)21-5-2/h6-8,11,13H,4-5,9-10,12H2,1-3H3,(H,21,25)(H2,20,22,24). The number of rotatable bonds is 8. The minimum absolute atomic E-state index is 0.0493. The number of carbonyl (C=O) groups is 1. The van der Waals surface area contributed by atoms with Crippen LogP contribution >= 0.6 is 11.3 Å². The van der Waals surface area contributed by atoms with E-state index in [0.29, 0.717) is 18.7 Å². The fourth-order valence-corrected chi connectivity index (χ4v) is 3.27. The van der Waals surface area contributed by atoms with Crippen molar-refractivity contribution in [2.24, 2.45) is 4.99 Å².